The van der Waals surface area contributed by atoms with Gasteiger partial charge in [0.1, 0.15) is 0 Å². The molecule has 0 radical (unpaired) electrons. The van der Waals surface area contributed by atoms with Gasteiger partial charge in [-0.1, -0.05) is 222 Å². The van der Waals surface area contributed by atoms with Crippen molar-refractivity contribution in [2.75, 3.05) is 4.90 Å². The first-order valence-corrected chi connectivity index (χ1v) is 24.5. The van der Waals surface area contributed by atoms with Crippen LogP contribution >= 0.6 is 0 Å². The normalized spacial score (nSPS) is 16.2. The Hall–Kier alpha value is -8.00. The molecule has 13 rings (SSSR count). The molecule has 3 aliphatic rings. The minimum Gasteiger partial charge on any atom is -0.310 e. The third-order valence-electron chi connectivity index (χ3n) is 16.2. The molecule has 0 N–H and O–H groups in total. The SMILES string of the molecule is CC1(C)c2ccccc2-c2c(N(c3ccc(-c4ccc5c(c4)C(C)(c4ccccc4)c4ccccc4-5)cc3)c3ccc(-c4ccccc4-c4cccc5c4C(C)(C)c4ccccc4-5)cc3)cccc21. The molecule has 0 amide bonds. The summed E-state index contributed by atoms with van der Waals surface area (Å²) in [5.74, 6) is 0. The second-order valence-electron chi connectivity index (χ2n) is 20.5. The predicted molar refractivity (Wildman–Crippen MR) is 290 cm³/mol. The molecule has 0 bridgehead atoms. The van der Waals surface area contributed by atoms with Crippen molar-refractivity contribution in [1.82, 2.24) is 0 Å². The Morgan fingerprint density at radius 2 is 0.754 bits per heavy atom. The quantitative estimate of drug-likeness (QED) is 0.154. The average molecular weight is 884 g/mol. The molecule has 10 aromatic rings. The summed E-state index contributed by atoms with van der Waals surface area (Å²) >= 11 is 0. The molecule has 0 aliphatic heterocycles. The van der Waals surface area contributed by atoms with Crippen LogP contribution in [0.25, 0.3) is 66.8 Å². The molecule has 69 heavy (non-hydrogen) atoms. The Bertz CT molecular complexity index is 3670. The number of fused-ring (bicyclic) bond motifs is 9. The van der Waals surface area contributed by atoms with Gasteiger partial charge in [-0.25, -0.2) is 0 Å². The summed E-state index contributed by atoms with van der Waals surface area (Å²) in [5, 5.41) is 0. The number of hydrogen-bond acceptors (Lipinski definition) is 1. The molecule has 1 nitrogen and oxygen atoms in total. The van der Waals surface area contributed by atoms with Crippen molar-refractivity contribution in [3.05, 3.63) is 269 Å². The predicted octanol–water partition coefficient (Wildman–Crippen LogP) is 18.1. The number of rotatable bonds is 7. The summed E-state index contributed by atoms with van der Waals surface area (Å²) in [6, 6.07) is 86.2. The summed E-state index contributed by atoms with van der Waals surface area (Å²) in [5.41, 5.74) is 27.8. The van der Waals surface area contributed by atoms with Gasteiger partial charge in [-0.15, -0.1) is 0 Å². The lowest BCUT2D eigenvalue weighted by atomic mass is 9.74. The Kier molecular flexibility index (Phi) is 9.11. The molecule has 0 fully saturated rings. The summed E-state index contributed by atoms with van der Waals surface area (Å²) in [6.07, 6.45) is 0. The Labute approximate surface area is 407 Å². The first kappa shape index (κ1) is 41.2. The number of nitrogens with zero attached hydrogens (tertiary/aromatic N) is 1. The Morgan fingerprint density at radius 1 is 0.290 bits per heavy atom. The van der Waals surface area contributed by atoms with E-state index in [9.17, 15) is 0 Å². The van der Waals surface area contributed by atoms with Crippen molar-refractivity contribution in [3.8, 4) is 66.8 Å². The fraction of sp³-hybridized carbons (Fsp3) is 0.118. The van der Waals surface area contributed by atoms with Crippen molar-refractivity contribution < 1.29 is 0 Å². The van der Waals surface area contributed by atoms with Crippen LogP contribution in [-0.2, 0) is 16.2 Å². The number of anilines is 3. The monoisotopic (exact) mass is 883 g/mol. The van der Waals surface area contributed by atoms with Crippen molar-refractivity contribution in [2.24, 2.45) is 0 Å². The van der Waals surface area contributed by atoms with Crippen LogP contribution in [0.1, 0.15) is 73.6 Å². The van der Waals surface area contributed by atoms with E-state index >= 15 is 0 Å². The minimum atomic E-state index is -0.256. The van der Waals surface area contributed by atoms with E-state index in [1.54, 1.807) is 0 Å². The average Bonchev–Trinajstić information content (AvgIpc) is 3.91. The van der Waals surface area contributed by atoms with Crippen LogP contribution in [0.5, 0.6) is 0 Å². The molecule has 1 unspecified atom stereocenters. The fourth-order valence-corrected chi connectivity index (χ4v) is 12.7. The van der Waals surface area contributed by atoms with Gasteiger partial charge in [-0.3, -0.25) is 0 Å². The zero-order valence-corrected chi connectivity index (χ0v) is 39.9. The fourth-order valence-electron chi connectivity index (χ4n) is 12.7. The zero-order valence-electron chi connectivity index (χ0n) is 39.9. The van der Waals surface area contributed by atoms with Crippen LogP contribution in [-0.4, -0.2) is 0 Å². The van der Waals surface area contributed by atoms with Gasteiger partial charge < -0.3 is 4.90 Å². The van der Waals surface area contributed by atoms with E-state index in [0.717, 1.165) is 11.4 Å². The van der Waals surface area contributed by atoms with Crippen molar-refractivity contribution in [3.63, 3.8) is 0 Å². The zero-order chi connectivity index (χ0) is 46.6. The van der Waals surface area contributed by atoms with Crippen molar-refractivity contribution in [1.29, 1.82) is 0 Å². The molecule has 0 heterocycles. The lowest BCUT2D eigenvalue weighted by molar-refractivity contribution is 0.660. The molecular weight excluding hydrogens is 831 g/mol. The molecule has 3 aliphatic carbocycles. The third-order valence-corrected chi connectivity index (χ3v) is 16.2. The van der Waals surface area contributed by atoms with Crippen LogP contribution in [0.3, 0.4) is 0 Å². The summed E-state index contributed by atoms with van der Waals surface area (Å²) in [7, 11) is 0. The third kappa shape index (κ3) is 6.03. The van der Waals surface area contributed by atoms with Crippen LogP contribution < -0.4 is 4.90 Å². The first-order chi connectivity index (χ1) is 33.6. The van der Waals surface area contributed by atoms with E-state index in [2.05, 4.69) is 270 Å². The van der Waals surface area contributed by atoms with E-state index in [0.29, 0.717) is 0 Å². The highest BCUT2D eigenvalue weighted by atomic mass is 15.1. The maximum atomic E-state index is 2.48. The molecule has 1 atom stereocenters. The van der Waals surface area contributed by atoms with E-state index in [4.69, 9.17) is 0 Å². The summed E-state index contributed by atoms with van der Waals surface area (Å²) in [6.45, 7) is 11.9. The van der Waals surface area contributed by atoms with Crippen LogP contribution in [0, 0.1) is 0 Å². The number of benzene rings is 10. The molecule has 10 aromatic carbocycles. The summed E-state index contributed by atoms with van der Waals surface area (Å²) < 4.78 is 0. The van der Waals surface area contributed by atoms with Gasteiger partial charge in [-0.2, -0.15) is 0 Å². The Morgan fingerprint density at radius 3 is 1.43 bits per heavy atom. The largest absolute Gasteiger partial charge is 0.310 e. The molecule has 1 heteroatoms. The highest BCUT2D eigenvalue weighted by molar-refractivity contribution is 5.97. The van der Waals surface area contributed by atoms with Crippen LogP contribution in [0.2, 0.25) is 0 Å². The number of hydrogen-bond donors (Lipinski definition) is 0. The lowest BCUT2D eigenvalue weighted by Gasteiger charge is -2.29. The molecule has 0 saturated heterocycles. The smallest absolute Gasteiger partial charge is 0.0543 e. The van der Waals surface area contributed by atoms with Gasteiger partial charge in [0.15, 0.2) is 0 Å². The van der Waals surface area contributed by atoms with Gasteiger partial charge in [0.2, 0.25) is 0 Å². The molecule has 0 aromatic heterocycles. The minimum absolute atomic E-state index is 0.117. The van der Waals surface area contributed by atoms with Crippen LogP contribution in [0.4, 0.5) is 17.1 Å². The topological polar surface area (TPSA) is 3.24 Å². The summed E-state index contributed by atoms with van der Waals surface area (Å²) in [4.78, 5) is 2.48. The maximum absolute atomic E-state index is 2.48. The maximum Gasteiger partial charge on any atom is 0.0543 e. The van der Waals surface area contributed by atoms with E-state index in [1.165, 1.54) is 111 Å². The van der Waals surface area contributed by atoms with Gasteiger partial charge in [-0.05, 0) is 143 Å². The molecule has 330 valence electrons. The Balaban J connectivity index is 0.924. The van der Waals surface area contributed by atoms with Crippen LogP contribution in [0.15, 0.2) is 231 Å². The van der Waals surface area contributed by atoms with E-state index in [1.807, 2.05) is 0 Å². The van der Waals surface area contributed by atoms with Gasteiger partial charge in [0.25, 0.3) is 0 Å². The highest BCUT2D eigenvalue weighted by Crippen LogP contribution is 2.57. The highest BCUT2D eigenvalue weighted by Gasteiger charge is 2.42. The van der Waals surface area contributed by atoms with Crippen molar-refractivity contribution in [2.45, 2.75) is 50.9 Å². The van der Waals surface area contributed by atoms with Crippen molar-refractivity contribution >= 4 is 17.1 Å². The van der Waals surface area contributed by atoms with Gasteiger partial charge in [0.05, 0.1) is 5.69 Å². The lowest BCUT2D eigenvalue weighted by Crippen LogP contribution is -2.22. The second kappa shape index (κ2) is 15.3. The molecular formula is C68H53N. The molecule has 0 saturated carbocycles. The van der Waals surface area contributed by atoms with E-state index in [-0.39, 0.29) is 16.2 Å². The standard InChI is InChI=1S/C68H53N/c1-66(2)59-29-15-13-25-57(59)64-61(66)31-18-32-63(64)69(48-38-33-44(34-39-48)46-37-42-54-52-23-12-16-30-60(52)68(5,62(54)43-46)47-19-7-6-8-20-47)49-40-35-45(36-41-49)50-21-9-10-22-51(50)55-26-17-27-56-53-24-11-14-28-58(53)67(3,4)65(55)56/h6-43H,1-5H3. The van der Waals surface area contributed by atoms with E-state index < -0.39 is 0 Å². The van der Waals surface area contributed by atoms with Gasteiger partial charge in [0, 0.05) is 33.2 Å². The first-order valence-electron chi connectivity index (χ1n) is 24.5. The second-order valence-corrected chi connectivity index (χ2v) is 20.5. The van der Waals surface area contributed by atoms with Gasteiger partial charge >= 0.3 is 0 Å². The molecule has 0 spiro atoms.